The van der Waals surface area contributed by atoms with Crippen LogP contribution in [0.3, 0.4) is 0 Å². The molecule has 1 fully saturated rings. The fourth-order valence-electron chi connectivity index (χ4n) is 1.91. The summed E-state index contributed by atoms with van der Waals surface area (Å²) in [5.74, 6) is 1.45. The Morgan fingerprint density at radius 1 is 1.40 bits per heavy atom. The second-order valence-corrected chi connectivity index (χ2v) is 5.65. The number of hydrogen-bond donors (Lipinski definition) is 2. The van der Waals surface area contributed by atoms with Gasteiger partial charge >= 0.3 is 0 Å². The Morgan fingerprint density at radius 3 is 2.80 bits per heavy atom. The molecule has 0 aliphatic carbocycles. The van der Waals surface area contributed by atoms with E-state index in [9.17, 15) is 0 Å². The van der Waals surface area contributed by atoms with E-state index in [-0.39, 0.29) is 0 Å². The molecule has 2 atom stereocenters. The van der Waals surface area contributed by atoms with Crippen LogP contribution in [0, 0.1) is 5.92 Å². The van der Waals surface area contributed by atoms with Crippen LogP contribution >= 0.6 is 0 Å². The van der Waals surface area contributed by atoms with Crippen LogP contribution in [0.1, 0.15) is 40.5 Å². The van der Waals surface area contributed by atoms with Gasteiger partial charge in [0.25, 0.3) is 0 Å². The number of rotatable bonds is 8. The number of nitrogens with one attached hydrogen (secondary N) is 2. The molecule has 2 unspecified atom stereocenters. The van der Waals surface area contributed by atoms with Crippen LogP contribution in [0.15, 0.2) is 4.99 Å². The number of guanidine groups is 1. The monoisotopic (exact) mass is 285 g/mol. The molecule has 0 radical (unpaired) electrons. The van der Waals surface area contributed by atoms with Crippen molar-refractivity contribution in [2.45, 2.75) is 52.7 Å². The topological polar surface area (TPSA) is 54.9 Å². The Bertz CT molecular complexity index is 276. The zero-order chi connectivity index (χ0) is 14.8. The van der Waals surface area contributed by atoms with Crippen LogP contribution in [0.2, 0.25) is 0 Å². The minimum atomic E-state index is 0.298. The first-order valence-corrected chi connectivity index (χ1v) is 7.87. The van der Waals surface area contributed by atoms with Crippen molar-refractivity contribution < 1.29 is 9.47 Å². The molecule has 1 saturated heterocycles. The summed E-state index contributed by atoms with van der Waals surface area (Å²) in [4.78, 5) is 4.53. The van der Waals surface area contributed by atoms with E-state index in [1.54, 1.807) is 0 Å². The van der Waals surface area contributed by atoms with Crippen LogP contribution in [0.5, 0.6) is 0 Å². The summed E-state index contributed by atoms with van der Waals surface area (Å²) in [7, 11) is 0. The van der Waals surface area contributed by atoms with E-state index in [0.717, 1.165) is 32.0 Å². The fourth-order valence-corrected chi connectivity index (χ4v) is 1.91. The van der Waals surface area contributed by atoms with E-state index >= 15 is 0 Å². The zero-order valence-electron chi connectivity index (χ0n) is 13.4. The third-order valence-electron chi connectivity index (χ3n) is 3.54. The number of nitrogens with zero attached hydrogens (tertiary/aromatic N) is 1. The molecular formula is C15H31N3O2. The van der Waals surface area contributed by atoms with Crippen molar-refractivity contribution in [2.75, 3.05) is 32.9 Å². The standard InChI is InChI=1S/C15H31N3O2/c1-5-16-15(18-13(4)12(2)3)17-8-10-19-11-14-7-6-9-20-14/h12-14H,5-11H2,1-4H3,(H2,16,17,18). The highest BCUT2D eigenvalue weighted by Gasteiger charge is 2.15. The van der Waals surface area contributed by atoms with Gasteiger partial charge in [-0.15, -0.1) is 0 Å². The molecular weight excluding hydrogens is 254 g/mol. The summed E-state index contributed by atoms with van der Waals surface area (Å²) < 4.78 is 11.1. The molecule has 0 aromatic heterocycles. The largest absolute Gasteiger partial charge is 0.377 e. The van der Waals surface area contributed by atoms with Crippen LogP contribution in [-0.2, 0) is 9.47 Å². The lowest BCUT2D eigenvalue weighted by Crippen LogP contribution is -2.44. The first-order chi connectivity index (χ1) is 9.63. The van der Waals surface area contributed by atoms with Crippen molar-refractivity contribution in [3.05, 3.63) is 0 Å². The molecule has 0 aromatic carbocycles. The van der Waals surface area contributed by atoms with E-state index < -0.39 is 0 Å². The molecule has 0 bridgehead atoms. The van der Waals surface area contributed by atoms with Gasteiger partial charge in [0.05, 0.1) is 25.9 Å². The van der Waals surface area contributed by atoms with Gasteiger partial charge in [-0.1, -0.05) is 13.8 Å². The average Bonchev–Trinajstić information content (AvgIpc) is 2.91. The molecule has 1 aliphatic rings. The van der Waals surface area contributed by atoms with Crippen LogP contribution < -0.4 is 10.6 Å². The van der Waals surface area contributed by atoms with Gasteiger partial charge in [0.2, 0.25) is 0 Å². The summed E-state index contributed by atoms with van der Waals surface area (Å²) in [5.41, 5.74) is 0. The normalized spacial score (nSPS) is 21.2. The van der Waals surface area contributed by atoms with Gasteiger partial charge in [0.15, 0.2) is 5.96 Å². The van der Waals surface area contributed by atoms with Crippen molar-refractivity contribution in [2.24, 2.45) is 10.9 Å². The van der Waals surface area contributed by atoms with Gasteiger partial charge in [-0.25, -0.2) is 0 Å². The Labute approximate surface area is 123 Å². The molecule has 1 rings (SSSR count). The van der Waals surface area contributed by atoms with Gasteiger partial charge in [-0.3, -0.25) is 4.99 Å². The maximum absolute atomic E-state index is 5.61. The molecule has 0 spiro atoms. The lowest BCUT2D eigenvalue weighted by Gasteiger charge is -2.20. The van der Waals surface area contributed by atoms with E-state index in [4.69, 9.17) is 9.47 Å². The maximum Gasteiger partial charge on any atom is 0.191 e. The van der Waals surface area contributed by atoms with E-state index in [1.165, 1.54) is 0 Å². The lowest BCUT2D eigenvalue weighted by atomic mass is 10.1. The van der Waals surface area contributed by atoms with Crippen molar-refractivity contribution >= 4 is 5.96 Å². The first-order valence-electron chi connectivity index (χ1n) is 7.87. The van der Waals surface area contributed by atoms with Crippen molar-refractivity contribution in [3.63, 3.8) is 0 Å². The minimum absolute atomic E-state index is 0.298. The fraction of sp³-hybridized carbons (Fsp3) is 0.933. The van der Waals surface area contributed by atoms with Gasteiger partial charge in [-0.2, -0.15) is 0 Å². The first kappa shape index (κ1) is 17.2. The summed E-state index contributed by atoms with van der Waals surface area (Å²) in [5, 5.41) is 6.67. The molecule has 5 nitrogen and oxygen atoms in total. The van der Waals surface area contributed by atoms with Gasteiger partial charge < -0.3 is 20.1 Å². The van der Waals surface area contributed by atoms with Crippen molar-refractivity contribution in [1.82, 2.24) is 10.6 Å². The van der Waals surface area contributed by atoms with Crippen LogP contribution in [0.4, 0.5) is 0 Å². The Balaban J connectivity index is 2.20. The summed E-state index contributed by atoms with van der Waals surface area (Å²) in [6.45, 7) is 12.4. The maximum atomic E-state index is 5.61. The SMILES string of the molecule is CCNC(=NCCOCC1CCCO1)NC(C)C(C)C. The third-order valence-corrected chi connectivity index (χ3v) is 3.54. The van der Waals surface area contributed by atoms with Gasteiger partial charge in [0, 0.05) is 19.2 Å². The summed E-state index contributed by atoms with van der Waals surface area (Å²) in [6, 6.07) is 0.403. The number of ether oxygens (including phenoxy) is 2. The van der Waals surface area contributed by atoms with E-state index in [1.807, 2.05) is 0 Å². The molecule has 0 amide bonds. The minimum Gasteiger partial charge on any atom is -0.377 e. The van der Waals surface area contributed by atoms with Gasteiger partial charge in [0.1, 0.15) is 0 Å². The second kappa shape index (κ2) is 10.00. The van der Waals surface area contributed by atoms with E-state index in [0.29, 0.717) is 37.8 Å². The second-order valence-electron chi connectivity index (χ2n) is 5.65. The lowest BCUT2D eigenvalue weighted by molar-refractivity contribution is 0.0200. The molecule has 0 aromatic rings. The van der Waals surface area contributed by atoms with Crippen LogP contribution in [0.25, 0.3) is 0 Å². The smallest absolute Gasteiger partial charge is 0.191 e. The molecule has 1 aliphatic heterocycles. The Hall–Kier alpha value is -0.810. The highest BCUT2D eigenvalue weighted by molar-refractivity contribution is 5.80. The van der Waals surface area contributed by atoms with E-state index in [2.05, 4.69) is 43.3 Å². The molecule has 0 saturated carbocycles. The summed E-state index contributed by atoms with van der Waals surface area (Å²) in [6.07, 6.45) is 2.58. The average molecular weight is 285 g/mol. The molecule has 118 valence electrons. The van der Waals surface area contributed by atoms with Crippen molar-refractivity contribution in [3.8, 4) is 0 Å². The Morgan fingerprint density at radius 2 is 2.20 bits per heavy atom. The molecule has 5 heteroatoms. The quantitative estimate of drug-likeness (QED) is 0.405. The highest BCUT2D eigenvalue weighted by atomic mass is 16.5. The van der Waals surface area contributed by atoms with Gasteiger partial charge in [-0.05, 0) is 32.6 Å². The predicted octanol–water partition coefficient (Wildman–Crippen LogP) is 1.78. The summed E-state index contributed by atoms with van der Waals surface area (Å²) >= 11 is 0. The highest BCUT2D eigenvalue weighted by Crippen LogP contribution is 2.11. The molecule has 20 heavy (non-hydrogen) atoms. The molecule has 1 heterocycles. The molecule has 2 N–H and O–H groups in total. The predicted molar refractivity (Wildman–Crippen MR) is 83.2 cm³/mol. The number of hydrogen-bond acceptors (Lipinski definition) is 3. The third kappa shape index (κ3) is 7.10. The number of aliphatic imine (C=N–C) groups is 1. The van der Waals surface area contributed by atoms with Crippen molar-refractivity contribution in [1.29, 1.82) is 0 Å². The zero-order valence-corrected chi connectivity index (χ0v) is 13.4. The Kier molecular flexibility index (Phi) is 8.62. The van der Waals surface area contributed by atoms with Crippen LogP contribution in [-0.4, -0.2) is 51.0 Å².